The highest BCUT2D eigenvalue weighted by atomic mass is 32.1. The lowest BCUT2D eigenvalue weighted by molar-refractivity contribution is -0.113. The lowest BCUT2D eigenvalue weighted by atomic mass is 9.68. The smallest absolute Gasteiger partial charge is 0.123 e. The molecule has 476 valence electrons. The zero-order valence-electron chi connectivity index (χ0n) is 52.2. The summed E-state index contributed by atoms with van der Waals surface area (Å²) in [5.74, 6) is -0.293. The number of aliphatic hydroxyl groups is 2. The molecule has 6 aliphatic carbocycles. The highest BCUT2D eigenvalue weighted by molar-refractivity contribution is 7.19. The third kappa shape index (κ3) is 11.3. The normalized spacial score (nSPS) is 22.6. The molecule has 12 aromatic rings. The van der Waals surface area contributed by atoms with E-state index in [2.05, 4.69) is 126 Å². The first-order valence-corrected chi connectivity index (χ1v) is 34.5. The van der Waals surface area contributed by atoms with Crippen molar-refractivity contribution >= 4 is 88.8 Å². The van der Waals surface area contributed by atoms with Crippen LogP contribution in [-0.4, -0.2) is 45.8 Å². The Bertz CT molecular complexity index is 4580. The minimum atomic E-state index is -0.470. The van der Waals surface area contributed by atoms with Gasteiger partial charge in [-0.1, -0.05) is 92.1 Å². The van der Waals surface area contributed by atoms with Crippen LogP contribution in [0, 0.1) is 51.5 Å². The van der Waals surface area contributed by atoms with Crippen molar-refractivity contribution < 1.29 is 32.9 Å². The quantitative estimate of drug-likeness (QED) is 0.116. The number of aliphatic hydroxyl groups excluding tert-OH is 2. The number of allylic oxidation sites excluding steroid dienone is 3. The Morgan fingerprint density at radius 2 is 0.840 bits per heavy atom. The van der Waals surface area contributed by atoms with Crippen molar-refractivity contribution in [3.05, 3.63) is 265 Å². The van der Waals surface area contributed by atoms with Crippen LogP contribution in [0.4, 0.5) is 17.9 Å². The number of thiophene rings is 3. The Balaban J connectivity index is 0.000000115. The average molecular weight is 1310 g/mol. The van der Waals surface area contributed by atoms with E-state index in [1.54, 1.807) is 70.4 Å². The van der Waals surface area contributed by atoms with Crippen molar-refractivity contribution in [3.8, 4) is 17.1 Å². The van der Waals surface area contributed by atoms with Gasteiger partial charge in [0.2, 0.25) is 0 Å². The van der Waals surface area contributed by atoms with Gasteiger partial charge >= 0.3 is 0 Å². The number of carbonyl (C=O) groups excluding carboxylic acids is 1. The molecule has 6 aromatic heterocycles. The molecule has 18 rings (SSSR count). The first kappa shape index (κ1) is 62.8. The van der Waals surface area contributed by atoms with E-state index in [4.69, 9.17) is 0 Å². The van der Waals surface area contributed by atoms with Crippen LogP contribution in [0.2, 0.25) is 0 Å². The van der Waals surface area contributed by atoms with E-state index in [-0.39, 0.29) is 56.2 Å². The molecule has 9 nitrogen and oxygen atoms in total. The topological polar surface area (TPSA) is 111 Å². The molecular formula is C78H70F4N6O3S3. The van der Waals surface area contributed by atoms with Crippen LogP contribution in [0.25, 0.3) is 65.5 Å². The lowest BCUT2D eigenvalue weighted by Gasteiger charge is -2.38. The van der Waals surface area contributed by atoms with E-state index in [1.165, 1.54) is 94.5 Å². The molecule has 6 aromatic carbocycles. The van der Waals surface area contributed by atoms with Crippen LogP contribution in [0.3, 0.4) is 0 Å². The van der Waals surface area contributed by atoms with Crippen molar-refractivity contribution in [1.82, 2.24) is 29.3 Å². The lowest BCUT2D eigenvalue weighted by Crippen LogP contribution is -2.32. The van der Waals surface area contributed by atoms with Crippen molar-refractivity contribution in [2.45, 2.75) is 90.8 Å². The fraction of sp³-hybridized carbons (Fsp3) is 0.256. The molecule has 94 heavy (non-hydrogen) atoms. The molecule has 6 aliphatic rings. The first-order valence-electron chi connectivity index (χ1n) is 32.0. The summed E-state index contributed by atoms with van der Waals surface area (Å²) < 4.78 is 49.3. The van der Waals surface area contributed by atoms with E-state index >= 15 is 0 Å². The van der Waals surface area contributed by atoms with Crippen molar-refractivity contribution in [1.29, 1.82) is 0 Å². The molecule has 3 saturated carbocycles. The third-order valence-electron chi connectivity index (χ3n) is 21.1. The van der Waals surface area contributed by atoms with E-state index in [0.29, 0.717) is 0 Å². The highest BCUT2D eigenvalue weighted by Gasteiger charge is 2.51. The number of benzene rings is 6. The Hall–Kier alpha value is -8.64. The first-order chi connectivity index (χ1) is 45.1. The van der Waals surface area contributed by atoms with Crippen LogP contribution in [0.5, 0.6) is 0 Å². The van der Waals surface area contributed by atoms with Crippen molar-refractivity contribution in [2.75, 3.05) is 0 Å². The predicted molar refractivity (Wildman–Crippen MR) is 372 cm³/mol. The third-order valence-corrected chi connectivity index (χ3v) is 24.3. The largest absolute Gasteiger partial charge is 0.387 e. The summed E-state index contributed by atoms with van der Waals surface area (Å²) in [6, 6.07) is 50.8. The van der Waals surface area contributed by atoms with Crippen molar-refractivity contribution in [2.24, 2.45) is 34.0 Å². The van der Waals surface area contributed by atoms with Crippen LogP contribution < -0.4 is 0 Å². The number of hydrogen-bond acceptors (Lipinski definition) is 9. The van der Waals surface area contributed by atoms with E-state index < -0.39 is 12.2 Å². The summed E-state index contributed by atoms with van der Waals surface area (Å²) >= 11 is 5.19. The fourth-order valence-corrected chi connectivity index (χ4v) is 18.8. The number of rotatable bonds is 8. The van der Waals surface area contributed by atoms with E-state index in [9.17, 15) is 28.2 Å². The zero-order chi connectivity index (χ0) is 63.8. The Kier molecular flexibility index (Phi) is 16.9. The van der Waals surface area contributed by atoms with Gasteiger partial charge in [-0.15, -0.1) is 34.0 Å². The number of nitrogens with zero attached hydrogens (tertiary/aromatic N) is 6. The van der Waals surface area contributed by atoms with Gasteiger partial charge in [-0.2, -0.15) is 15.3 Å². The van der Waals surface area contributed by atoms with Crippen LogP contribution in [0.15, 0.2) is 204 Å². The molecule has 0 aliphatic heterocycles. The predicted octanol–water partition coefficient (Wildman–Crippen LogP) is 19.3. The standard InChI is InChI=1S/2C26H23FN2OS.C18H17FN2O.C8H6S.FH/c2*1-26-14-17-15-28-29(20-9-7-19(27)8-10-20)22(17)13-18(26)6-11-21(26)25(30)24-12-16-4-2-3-5-23(16)31-24;1-18-9-12-10-20-21(16-6-4-15(19)5-7-16)17(12)8-13(18)2-3-14(18)11-22;1-2-4-8-7(3-1)5-6-9-8;/h2*2-5,7-10,12-13,15,21,25,30H,6,11,14H2,1H3;4-8,10-11,14H,2-3,9H2,1H3;1-6H;1H/t21-,25+,26+;21-,25-,26+;14-,18+;;/m111../s1. The van der Waals surface area contributed by atoms with Gasteiger partial charge in [-0.25, -0.2) is 27.2 Å². The van der Waals surface area contributed by atoms with Crippen molar-refractivity contribution in [3.63, 3.8) is 0 Å². The summed E-state index contributed by atoms with van der Waals surface area (Å²) in [6.07, 6.45) is 21.0. The second-order valence-corrected chi connectivity index (χ2v) is 29.6. The molecule has 3 fully saturated rings. The van der Waals surface area contributed by atoms with Gasteiger partial charge in [-0.05, 0) is 246 Å². The summed E-state index contributed by atoms with van der Waals surface area (Å²) in [5.41, 5.74) is 13.2. The highest BCUT2D eigenvalue weighted by Crippen LogP contribution is 2.59. The van der Waals surface area contributed by atoms with Gasteiger partial charge in [-0.3, -0.25) is 4.70 Å². The maximum Gasteiger partial charge on any atom is 0.123 e. The van der Waals surface area contributed by atoms with Gasteiger partial charge in [0.05, 0.1) is 64.9 Å². The minimum Gasteiger partial charge on any atom is -0.387 e. The van der Waals surface area contributed by atoms with Crippen LogP contribution in [-0.2, 0) is 24.1 Å². The maximum atomic E-state index is 13.4. The monoisotopic (exact) mass is 1310 g/mol. The van der Waals surface area contributed by atoms with Gasteiger partial charge in [0.15, 0.2) is 0 Å². The number of carbonyl (C=O) groups is 1. The molecule has 16 heteroatoms. The number of halogens is 4. The van der Waals surface area contributed by atoms with Gasteiger partial charge in [0, 0.05) is 35.2 Å². The average Bonchev–Trinajstić information content (AvgIpc) is 1.60. The van der Waals surface area contributed by atoms with Crippen LogP contribution in [0.1, 0.15) is 115 Å². The molecule has 0 saturated heterocycles. The maximum absolute atomic E-state index is 13.4. The molecule has 0 amide bonds. The molecule has 0 bridgehead atoms. The Morgan fingerprint density at radius 3 is 1.23 bits per heavy atom. The van der Waals surface area contributed by atoms with Gasteiger partial charge in [0.25, 0.3) is 0 Å². The second kappa shape index (κ2) is 25.3. The number of hydrogen-bond donors (Lipinski definition) is 2. The molecule has 2 N–H and O–H groups in total. The summed E-state index contributed by atoms with van der Waals surface area (Å²) in [5, 5.41) is 42.4. The number of aldehydes is 1. The summed E-state index contributed by atoms with van der Waals surface area (Å²) in [6.45, 7) is 6.78. The molecule has 6 heterocycles. The fourth-order valence-electron chi connectivity index (χ4n) is 15.8. The van der Waals surface area contributed by atoms with E-state index in [0.717, 1.165) is 114 Å². The minimum absolute atomic E-state index is 0. The Labute approximate surface area is 554 Å². The molecular weight excluding hydrogens is 1240 g/mol. The number of fused-ring (bicyclic) bond motifs is 9. The molecule has 8 atom stereocenters. The summed E-state index contributed by atoms with van der Waals surface area (Å²) in [4.78, 5) is 13.5. The van der Waals surface area contributed by atoms with Gasteiger partial charge in [0.1, 0.15) is 23.7 Å². The molecule has 0 spiro atoms. The Morgan fingerprint density at radius 1 is 0.479 bits per heavy atom. The molecule has 0 unspecified atom stereocenters. The zero-order valence-corrected chi connectivity index (χ0v) is 54.7. The number of aromatic nitrogens is 6. The van der Waals surface area contributed by atoms with Crippen LogP contribution >= 0.6 is 34.0 Å². The SMILES string of the molecule is C[C@]12Cc3cnn(-c4ccc(F)cc4)c3C=C1CC[C@@H]2C=O.C[C@]12Cc3cnn(-c4ccc(F)cc4)c3C=C1CC[C@@H]2[C@@H](O)c1cc2ccccc2s1.C[C@]12Cc3cnn(-c4ccc(F)cc4)c3C=C1CC[C@@H]2[C@H](O)c1cc2ccccc2s1.F.c1ccc2sccc2c1. The summed E-state index contributed by atoms with van der Waals surface area (Å²) in [7, 11) is 0. The second-order valence-electron chi connectivity index (χ2n) is 26.4. The molecule has 0 radical (unpaired) electrons. The van der Waals surface area contributed by atoms with E-state index in [1.807, 2.05) is 56.9 Å². The van der Waals surface area contributed by atoms with Gasteiger partial charge < -0.3 is 15.0 Å².